The molecule has 2 aliphatic rings. The minimum Gasteiger partial charge on any atom is -0.334 e. The lowest BCUT2D eigenvalue weighted by atomic mass is 10.0. The van der Waals surface area contributed by atoms with Crippen LogP contribution in [0.3, 0.4) is 0 Å². The fourth-order valence-corrected chi connectivity index (χ4v) is 5.25. The van der Waals surface area contributed by atoms with Gasteiger partial charge < -0.3 is 10.2 Å². The van der Waals surface area contributed by atoms with Crippen LogP contribution < -0.4 is 25.1 Å². The largest absolute Gasteiger partial charge is 0.334 e. The molecule has 0 saturated heterocycles. The van der Waals surface area contributed by atoms with Crippen molar-refractivity contribution < 1.29 is 4.79 Å². The molecule has 0 bridgehead atoms. The molecule has 1 amide bonds. The molecule has 5 rings (SSSR count). The van der Waals surface area contributed by atoms with Gasteiger partial charge >= 0.3 is 0 Å². The second-order valence-corrected chi connectivity index (χ2v) is 9.46. The molecule has 2 aliphatic heterocycles. The van der Waals surface area contributed by atoms with E-state index in [0.717, 1.165) is 31.6 Å². The van der Waals surface area contributed by atoms with E-state index in [0.29, 0.717) is 28.2 Å². The predicted octanol–water partition coefficient (Wildman–Crippen LogP) is 2.34. The summed E-state index contributed by atoms with van der Waals surface area (Å²) in [6.07, 6.45) is 0. The summed E-state index contributed by atoms with van der Waals surface area (Å²) >= 11 is 3.56. The second-order valence-electron chi connectivity index (χ2n) is 7.24. The number of nitrogens with zero attached hydrogens (tertiary/aromatic N) is 3. The molecular formula is C21H17IN4O2S. The number of anilines is 2. The molecule has 6 nitrogen and oxygen atoms in total. The Kier molecular flexibility index (Phi) is 4.36. The first-order valence-corrected chi connectivity index (χ1v) is 11.0. The normalized spacial score (nSPS) is 16.9. The number of hydrogen-bond acceptors (Lipinski definition) is 5. The van der Waals surface area contributed by atoms with E-state index in [-0.39, 0.29) is 11.5 Å². The lowest BCUT2D eigenvalue weighted by molar-refractivity contribution is -0.110. The zero-order valence-electron chi connectivity index (χ0n) is 15.8. The molecule has 29 heavy (non-hydrogen) atoms. The average Bonchev–Trinajstić information content (AvgIpc) is 3.18. The topological polar surface area (TPSA) is 66.7 Å². The van der Waals surface area contributed by atoms with Crippen molar-refractivity contribution in [2.24, 2.45) is 4.99 Å². The zero-order valence-corrected chi connectivity index (χ0v) is 18.8. The molecule has 3 aromatic rings. The van der Waals surface area contributed by atoms with Crippen molar-refractivity contribution in [1.82, 2.24) is 4.57 Å². The summed E-state index contributed by atoms with van der Waals surface area (Å²) in [6.45, 7) is 4.86. The Labute approximate surface area is 184 Å². The van der Waals surface area contributed by atoms with Crippen molar-refractivity contribution in [2.75, 3.05) is 16.9 Å². The predicted molar refractivity (Wildman–Crippen MR) is 123 cm³/mol. The van der Waals surface area contributed by atoms with Crippen LogP contribution in [0.1, 0.15) is 16.7 Å². The number of rotatable bonds is 1. The molecule has 2 aromatic carbocycles. The summed E-state index contributed by atoms with van der Waals surface area (Å²) in [6, 6.07) is 12.1. The molecule has 0 saturated carbocycles. The molecule has 0 spiro atoms. The van der Waals surface area contributed by atoms with Gasteiger partial charge in [-0.2, -0.15) is 0 Å². The molecule has 1 aromatic heterocycles. The Morgan fingerprint density at radius 1 is 1.14 bits per heavy atom. The lowest BCUT2D eigenvalue weighted by Crippen LogP contribution is -2.43. The van der Waals surface area contributed by atoms with Crippen LogP contribution in [0.2, 0.25) is 0 Å². The highest BCUT2D eigenvalue weighted by Crippen LogP contribution is 2.33. The fraction of sp³-hybridized carbons (Fsp3) is 0.190. The SMILES string of the molecule is Cc1cc(C)c2c(c1)/C(=c1/sc3n(c1=O)CN(c1ccc(I)cc1)CN=3)C(=O)N2. The highest BCUT2D eigenvalue weighted by atomic mass is 127. The summed E-state index contributed by atoms with van der Waals surface area (Å²) in [5.41, 5.74) is 4.97. The molecular weight excluding hydrogens is 499 g/mol. The molecule has 146 valence electrons. The lowest BCUT2D eigenvalue weighted by Gasteiger charge is -2.25. The Hall–Kier alpha value is -2.46. The van der Waals surface area contributed by atoms with Crippen LogP contribution in [0.4, 0.5) is 11.4 Å². The third kappa shape index (κ3) is 3.01. The second kappa shape index (κ2) is 6.81. The number of hydrogen-bond donors (Lipinski definition) is 1. The van der Waals surface area contributed by atoms with Gasteiger partial charge in [-0.1, -0.05) is 23.0 Å². The standard InChI is InChI=1S/C21H17IN4O2S/c1-11-7-12(2)17-15(8-11)16(19(27)24-17)18-20(28)26-10-25(9-23-21(26)29-18)14-5-3-13(22)4-6-14/h3-8H,9-10H2,1-2H3,(H,24,27)/b18-16-. The van der Waals surface area contributed by atoms with Gasteiger partial charge in [-0.15, -0.1) is 0 Å². The summed E-state index contributed by atoms with van der Waals surface area (Å²) in [4.78, 5) is 33.3. The summed E-state index contributed by atoms with van der Waals surface area (Å²) in [5.74, 6) is -0.223. The highest BCUT2D eigenvalue weighted by molar-refractivity contribution is 14.1. The van der Waals surface area contributed by atoms with E-state index < -0.39 is 0 Å². The number of halogens is 1. The van der Waals surface area contributed by atoms with Crippen LogP contribution in [-0.2, 0) is 11.5 Å². The molecule has 0 aliphatic carbocycles. The number of benzene rings is 2. The fourth-order valence-electron chi connectivity index (χ4n) is 3.83. The number of carbonyl (C=O) groups is 1. The number of thiazole rings is 1. The first kappa shape index (κ1) is 18.6. The van der Waals surface area contributed by atoms with Crippen molar-refractivity contribution in [3.05, 3.63) is 76.3 Å². The van der Waals surface area contributed by atoms with Crippen LogP contribution in [0.5, 0.6) is 0 Å². The summed E-state index contributed by atoms with van der Waals surface area (Å²) in [5, 5.41) is 2.93. The van der Waals surface area contributed by atoms with Crippen LogP contribution in [0.25, 0.3) is 5.57 Å². The smallest absolute Gasteiger partial charge is 0.272 e. The number of fused-ring (bicyclic) bond motifs is 2. The van der Waals surface area contributed by atoms with Gasteiger partial charge in [0, 0.05) is 14.8 Å². The van der Waals surface area contributed by atoms with E-state index in [2.05, 4.69) is 32.9 Å². The van der Waals surface area contributed by atoms with Crippen molar-refractivity contribution >= 4 is 56.8 Å². The molecule has 0 atom stereocenters. The number of aryl methyl sites for hydroxylation is 2. The van der Waals surface area contributed by atoms with E-state index in [9.17, 15) is 9.59 Å². The molecule has 8 heteroatoms. The Bertz CT molecular complexity index is 1360. The molecule has 1 N–H and O–H groups in total. The highest BCUT2D eigenvalue weighted by Gasteiger charge is 2.29. The van der Waals surface area contributed by atoms with Crippen LogP contribution in [0.15, 0.2) is 46.2 Å². The van der Waals surface area contributed by atoms with Gasteiger partial charge in [-0.25, -0.2) is 4.99 Å². The summed E-state index contributed by atoms with van der Waals surface area (Å²) < 4.78 is 3.26. The van der Waals surface area contributed by atoms with Gasteiger partial charge in [-0.3, -0.25) is 14.2 Å². The number of nitrogens with one attached hydrogen (secondary N) is 1. The number of carbonyl (C=O) groups excluding carboxylic acids is 1. The van der Waals surface area contributed by atoms with Gasteiger partial charge in [0.2, 0.25) is 0 Å². The van der Waals surface area contributed by atoms with Crippen molar-refractivity contribution in [1.29, 1.82) is 0 Å². The maximum absolute atomic E-state index is 13.2. The quantitative estimate of drug-likeness (QED) is 0.506. The molecule has 3 heterocycles. The van der Waals surface area contributed by atoms with E-state index >= 15 is 0 Å². The molecule has 0 fully saturated rings. The first-order chi connectivity index (χ1) is 13.9. The minimum atomic E-state index is -0.223. The van der Waals surface area contributed by atoms with Crippen LogP contribution in [0, 0.1) is 17.4 Å². The molecule has 0 radical (unpaired) electrons. The third-order valence-electron chi connectivity index (χ3n) is 5.19. The number of amides is 1. The van der Waals surface area contributed by atoms with Crippen molar-refractivity contribution in [2.45, 2.75) is 20.5 Å². The maximum Gasteiger partial charge on any atom is 0.272 e. The Balaban J connectivity index is 1.66. The average molecular weight is 516 g/mol. The minimum absolute atomic E-state index is 0.166. The van der Waals surface area contributed by atoms with E-state index in [1.807, 2.05) is 55.1 Å². The Morgan fingerprint density at radius 2 is 1.90 bits per heavy atom. The van der Waals surface area contributed by atoms with Crippen LogP contribution in [-0.4, -0.2) is 17.1 Å². The first-order valence-electron chi connectivity index (χ1n) is 9.14. The molecule has 0 unspecified atom stereocenters. The Morgan fingerprint density at radius 3 is 2.66 bits per heavy atom. The van der Waals surface area contributed by atoms with Crippen molar-refractivity contribution in [3.63, 3.8) is 0 Å². The van der Waals surface area contributed by atoms with Gasteiger partial charge in [-0.05, 0) is 72.3 Å². The van der Waals surface area contributed by atoms with Gasteiger partial charge in [0.25, 0.3) is 11.5 Å². The van der Waals surface area contributed by atoms with Gasteiger partial charge in [0.05, 0.1) is 11.3 Å². The van der Waals surface area contributed by atoms with E-state index in [1.54, 1.807) is 4.57 Å². The maximum atomic E-state index is 13.2. The van der Waals surface area contributed by atoms with Gasteiger partial charge in [0.1, 0.15) is 17.9 Å². The summed E-state index contributed by atoms with van der Waals surface area (Å²) in [7, 11) is 0. The third-order valence-corrected chi connectivity index (χ3v) is 7.02. The van der Waals surface area contributed by atoms with Crippen molar-refractivity contribution in [3.8, 4) is 0 Å². The van der Waals surface area contributed by atoms with Gasteiger partial charge in [0.15, 0.2) is 4.80 Å². The monoisotopic (exact) mass is 516 g/mol. The van der Waals surface area contributed by atoms with E-state index in [1.165, 1.54) is 11.3 Å². The number of aromatic nitrogens is 1. The van der Waals surface area contributed by atoms with E-state index in [4.69, 9.17) is 0 Å². The zero-order chi connectivity index (χ0) is 20.3. The van der Waals surface area contributed by atoms with Crippen LogP contribution >= 0.6 is 33.9 Å².